The summed E-state index contributed by atoms with van der Waals surface area (Å²) in [5.74, 6) is 2.17. The van der Waals surface area contributed by atoms with Crippen LogP contribution in [0.1, 0.15) is 59.4 Å². The number of rotatable bonds is 13. The van der Waals surface area contributed by atoms with E-state index in [-0.39, 0.29) is 5.91 Å². The average Bonchev–Trinajstić information content (AvgIpc) is 3.25. The summed E-state index contributed by atoms with van der Waals surface area (Å²) in [6.45, 7) is 6.57. The Hall–Kier alpha value is -3.60. The Morgan fingerprint density at radius 1 is 0.833 bits per heavy atom. The fourth-order valence-corrected chi connectivity index (χ4v) is 4.62. The highest BCUT2D eigenvalue weighted by Crippen LogP contribution is 2.23. The molecule has 5 heteroatoms. The lowest BCUT2D eigenvalue weighted by molar-refractivity contribution is 0.0953. The minimum atomic E-state index is -0.000965. The van der Waals surface area contributed by atoms with Crippen LogP contribution >= 0.6 is 0 Å². The average molecular weight is 484 g/mol. The Labute approximate surface area is 214 Å². The van der Waals surface area contributed by atoms with Crippen LogP contribution in [0.3, 0.4) is 0 Å². The van der Waals surface area contributed by atoms with E-state index in [0.29, 0.717) is 12.1 Å². The largest absolute Gasteiger partial charge is 0.493 e. The van der Waals surface area contributed by atoms with Crippen LogP contribution in [0.4, 0.5) is 0 Å². The van der Waals surface area contributed by atoms with Crippen molar-refractivity contribution in [2.75, 3.05) is 13.2 Å². The first-order valence-corrected chi connectivity index (χ1v) is 13.1. The molecule has 0 spiro atoms. The molecule has 188 valence electrons. The molecule has 3 aromatic carbocycles. The molecule has 0 radical (unpaired) electrons. The highest BCUT2D eigenvalue weighted by Gasteiger charge is 2.11. The molecule has 0 saturated heterocycles. The first-order valence-electron chi connectivity index (χ1n) is 13.1. The van der Waals surface area contributed by atoms with E-state index in [1.54, 1.807) is 0 Å². The quantitative estimate of drug-likeness (QED) is 0.217. The molecule has 4 aromatic rings. The number of imidazole rings is 1. The van der Waals surface area contributed by atoms with E-state index in [1.807, 2.05) is 30.3 Å². The normalized spacial score (nSPS) is 11.1. The second-order valence-corrected chi connectivity index (χ2v) is 9.38. The Kier molecular flexibility index (Phi) is 9.15. The zero-order chi connectivity index (χ0) is 25.2. The van der Waals surface area contributed by atoms with Gasteiger partial charge in [-0.1, -0.05) is 55.0 Å². The van der Waals surface area contributed by atoms with E-state index in [9.17, 15) is 4.79 Å². The summed E-state index contributed by atoms with van der Waals surface area (Å²) in [7, 11) is 0. The van der Waals surface area contributed by atoms with Crippen LogP contribution in [0.15, 0.2) is 72.8 Å². The van der Waals surface area contributed by atoms with Crippen molar-refractivity contribution in [3.8, 4) is 5.75 Å². The third-order valence-electron chi connectivity index (χ3n) is 6.56. The number of unbranched alkanes of at least 4 members (excludes halogenated alkanes) is 3. The Balaban J connectivity index is 1.23. The van der Waals surface area contributed by atoms with Gasteiger partial charge in [-0.25, -0.2) is 4.98 Å². The van der Waals surface area contributed by atoms with E-state index in [0.717, 1.165) is 68.8 Å². The van der Waals surface area contributed by atoms with Crippen LogP contribution in [0, 0.1) is 13.8 Å². The molecule has 0 unspecified atom stereocenters. The maximum absolute atomic E-state index is 12.2. The first kappa shape index (κ1) is 25.5. The van der Waals surface area contributed by atoms with Crippen LogP contribution in [-0.2, 0) is 13.0 Å². The summed E-state index contributed by atoms with van der Waals surface area (Å²) in [6.07, 6.45) is 6.07. The van der Waals surface area contributed by atoms with Gasteiger partial charge in [0.15, 0.2) is 0 Å². The van der Waals surface area contributed by atoms with Crippen molar-refractivity contribution >= 4 is 16.9 Å². The van der Waals surface area contributed by atoms with Gasteiger partial charge in [-0.2, -0.15) is 0 Å². The number of amides is 1. The summed E-state index contributed by atoms with van der Waals surface area (Å²) in [4.78, 5) is 17.1. The van der Waals surface area contributed by atoms with Crippen LogP contribution in [0.5, 0.6) is 5.75 Å². The predicted molar refractivity (Wildman–Crippen MR) is 147 cm³/mol. The van der Waals surface area contributed by atoms with Crippen molar-refractivity contribution in [2.45, 2.75) is 58.9 Å². The maximum Gasteiger partial charge on any atom is 0.251 e. The van der Waals surface area contributed by atoms with Gasteiger partial charge in [0.2, 0.25) is 0 Å². The molecule has 1 N–H and O–H groups in total. The molecule has 0 aliphatic heterocycles. The number of fused-ring (bicyclic) bond motifs is 1. The van der Waals surface area contributed by atoms with E-state index < -0.39 is 0 Å². The van der Waals surface area contributed by atoms with Crippen molar-refractivity contribution in [3.05, 3.63) is 95.3 Å². The number of hydrogen-bond donors (Lipinski definition) is 1. The number of carbonyl (C=O) groups excluding carboxylic acids is 1. The summed E-state index contributed by atoms with van der Waals surface area (Å²) in [6, 6.07) is 24.1. The van der Waals surface area contributed by atoms with Gasteiger partial charge in [-0.3, -0.25) is 4.79 Å². The monoisotopic (exact) mass is 483 g/mol. The fourth-order valence-electron chi connectivity index (χ4n) is 4.62. The minimum Gasteiger partial charge on any atom is -0.493 e. The van der Waals surface area contributed by atoms with Crippen molar-refractivity contribution in [1.29, 1.82) is 0 Å². The zero-order valence-electron chi connectivity index (χ0n) is 21.5. The topological polar surface area (TPSA) is 56.1 Å². The van der Waals surface area contributed by atoms with Crippen LogP contribution in [0.2, 0.25) is 0 Å². The lowest BCUT2D eigenvalue weighted by Crippen LogP contribution is -2.24. The standard InChI is InChI=1S/C31H37N3O2/c1-24-14-13-15-25(2)30(24)36-23-12-11-22-34-28-19-9-8-18-27(28)33-29(34)20-7-4-10-21-32-31(35)26-16-5-3-6-17-26/h3,5-6,8-9,13-19H,4,7,10-12,20-23H2,1-2H3,(H,32,35). The molecular weight excluding hydrogens is 446 g/mol. The number of para-hydroxylation sites is 3. The molecule has 5 nitrogen and oxygen atoms in total. The molecule has 1 amide bonds. The number of ether oxygens (including phenoxy) is 1. The second-order valence-electron chi connectivity index (χ2n) is 9.38. The van der Waals surface area contributed by atoms with Crippen LogP contribution in [-0.4, -0.2) is 28.6 Å². The van der Waals surface area contributed by atoms with Gasteiger partial charge in [0.1, 0.15) is 11.6 Å². The number of hydrogen-bond acceptors (Lipinski definition) is 3. The van der Waals surface area contributed by atoms with Gasteiger partial charge >= 0.3 is 0 Å². The molecule has 0 aliphatic rings. The molecule has 36 heavy (non-hydrogen) atoms. The molecule has 0 saturated carbocycles. The summed E-state index contributed by atoms with van der Waals surface area (Å²) in [5.41, 5.74) is 5.37. The smallest absolute Gasteiger partial charge is 0.251 e. The Bertz CT molecular complexity index is 1240. The summed E-state index contributed by atoms with van der Waals surface area (Å²) >= 11 is 0. The third-order valence-corrected chi connectivity index (χ3v) is 6.56. The number of carbonyl (C=O) groups is 1. The minimum absolute atomic E-state index is 0.000965. The van der Waals surface area contributed by atoms with Gasteiger partial charge in [-0.05, 0) is 74.9 Å². The molecule has 1 heterocycles. The lowest BCUT2D eigenvalue weighted by atomic mass is 10.1. The molecular formula is C31H37N3O2. The van der Waals surface area contributed by atoms with Gasteiger partial charge in [-0.15, -0.1) is 0 Å². The van der Waals surface area contributed by atoms with E-state index >= 15 is 0 Å². The lowest BCUT2D eigenvalue weighted by Gasteiger charge is -2.13. The maximum atomic E-state index is 12.2. The third kappa shape index (κ3) is 6.75. The van der Waals surface area contributed by atoms with Gasteiger partial charge in [0.25, 0.3) is 5.91 Å². The summed E-state index contributed by atoms with van der Waals surface area (Å²) < 4.78 is 8.48. The van der Waals surface area contributed by atoms with Gasteiger partial charge < -0.3 is 14.6 Å². The second kappa shape index (κ2) is 12.9. The first-order chi connectivity index (χ1) is 17.6. The van der Waals surface area contributed by atoms with Gasteiger partial charge in [0.05, 0.1) is 17.6 Å². The SMILES string of the molecule is Cc1cccc(C)c1OCCCCn1c(CCCCCNC(=O)c2ccccc2)nc2ccccc21. The van der Waals surface area contributed by atoms with Crippen molar-refractivity contribution in [3.63, 3.8) is 0 Å². The van der Waals surface area contributed by atoms with E-state index in [1.165, 1.54) is 16.6 Å². The highest BCUT2D eigenvalue weighted by molar-refractivity contribution is 5.94. The molecule has 0 bridgehead atoms. The van der Waals surface area contributed by atoms with Crippen LogP contribution in [0.25, 0.3) is 11.0 Å². The molecule has 1 aromatic heterocycles. The van der Waals surface area contributed by atoms with Crippen LogP contribution < -0.4 is 10.1 Å². The molecule has 0 atom stereocenters. The van der Waals surface area contributed by atoms with Crippen molar-refractivity contribution in [1.82, 2.24) is 14.9 Å². The number of nitrogens with zero attached hydrogens (tertiary/aromatic N) is 2. The summed E-state index contributed by atoms with van der Waals surface area (Å²) in [5, 5.41) is 3.02. The number of benzene rings is 3. The van der Waals surface area contributed by atoms with Gasteiger partial charge in [0, 0.05) is 25.1 Å². The number of nitrogens with one attached hydrogen (secondary N) is 1. The van der Waals surface area contributed by atoms with E-state index in [2.05, 4.69) is 66.2 Å². The molecule has 0 fully saturated rings. The predicted octanol–water partition coefficient (Wildman–Crippen LogP) is 6.66. The van der Waals surface area contributed by atoms with E-state index in [4.69, 9.17) is 9.72 Å². The zero-order valence-corrected chi connectivity index (χ0v) is 21.5. The van der Waals surface area contributed by atoms with Crippen molar-refractivity contribution in [2.24, 2.45) is 0 Å². The Morgan fingerprint density at radius 3 is 2.39 bits per heavy atom. The molecule has 0 aliphatic carbocycles. The van der Waals surface area contributed by atoms with Crippen molar-refractivity contribution < 1.29 is 9.53 Å². The Morgan fingerprint density at radius 2 is 1.58 bits per heavy atom. The molecule has 4 rings (SSSR count). The highest BCUT2D eigenvalue weighted by atomic mass is 16.5. The fraction of sp³-hybridized carbons (Fsp3) is 0.355. The number of aryl methyl sites for hydroxylation is 4. The number of aromatic nitrogens is 2.